The summed E-state index contributed by atoms with van der Waals surface area (Å²) < 4.78 is 4.52. The summed E-state index contributed by atoms with van der Waals surface area (Å²) in [6.45, 7) is 13.6. The van der Waals surface area contributed by atoms with Crippen molar-refractivity contribution in [1.29, 1.82) is 0 Å². The summed E-state index contributed by atoms with van der Waals surface area (Å²) in [6, 6.07) is 38.7. The Kier molecular flexibility index (Phi) is 6.30. The van der Waals surface area contributed by atoms with E-state index in [9.17, 15) is 0 Å². The molecule has 0 atom stereocenters. The second-order valence-electron chi connectivity index (χ2n) is 13.5. The minimum absolute atomic E-state index is 0.0398. The molecule has 0 aliphatic carbocycles. The van der Waals surface area contributed by atoms with E-state index in [0.717, 1.165) is 44.8 Å². The fourth-order valence-electron chi connectivity index (χ4n) is 6.12. The van der Waals surface area contributed by atoms with Crippen LogP contribution in [0.15, 0.2) is 109 Å². The Bertz CT molecular complexity index is 2080. The molecule has 43 heavy (non-hydrogen) atoms. The number of nitrogens with zero attached hydrogens (tertiary/aromatic N) is 3. The number of imidazole rings is 1. The first-order valence-electron chi connectivity index (χ1n) is 14.9. The van der Waals surface area contributed by atoms with Crippen LogP contribution < -0.4 is 0 Å². The van der Waals surface area contributed by atoms with Crippen LogP contribution in [-0.2, 0) is 10.8 Å². The largest absolute Gasteiger partial charge is 0.308 e. The smallest absolute Gasteiger partial charge is 0.145 e. The molecule has 2 heterocycles. The lowest BCUT2D eigenvalue weighted by atomic mass is 9.85. The molecule has 5 aromatic carbocycles. The highest BCUT2D eigenvalue weighted by Crippen LogP contribution is 2.41. The zero-order valence-electron chi connectivity index (χ0n) is 25.6. The molecular formula is C39H36ClN3. The molecule has 3 nitrogen and oxygen atoms in total. The van der Waals surface area contributed by atoms with Gasteiger partial charge in [-0.1, -0.05) is 114 Å². The standard InChI is InChI=1S/C39H36ClN3/c1-38(2,3)26-19-21-31-28(23-26)29-24-27(39(4,5)6)20-22-32(29)42(31)34-17-12-18-35(36(34)40)43-33-16-11-10-15-30(33)41-37(43)25-13-8-7-9-14-25/h7-24H,1-6H3. The number of halogens is 1. The van der Waals surface area contributed by atoms with Gasteiger partial charge in [-0.15, -0.1) is 0 Å². The summed E-state index contributed by atoms with van der Waals surface area (Å²) in [4.78, 5) is 5.06. The summed E-state index contributed by atoms with van der Waals surface area (Å²) in [5, 5.41) is 3.17. The van der Waals surface area contributed by atoms with Crippen molar-refractivity contribution in [2.24, 2.45) is 0 Å². The Balaban J connectivity index is 1.54. The molecule has 7 rings (SSSR count). The fourth-order valence-corrected chi connectivity index (χ4v) is 6.41. The zero-order chi connectivity index (χ0) is 30.1. The van der Waals surface area contributed by atoms with Gasteiger partial charge in [-0.05, 0) is 70.5 Å². The Morgan fingerprint density at radius 3 is 1.65 bits per heavy atom. The molecule has 7 aromatic rings. The predicted octanol–water partition coefficient (Wildman–Crippen LogP) is 11.0. The number of para-hydroxylation sites is 2. The monoisotopic (exact) mass is 581 g/mol. The number of aromatic nitrogens is 3. The quantitative estimate of drug-likeness (QED) is 0.203. The highest BCUT2D eigenvalue weighted by molar-refractivity contribution is 6.34. The highest BCUT2D eigenvalue weighted by atomic mass is 35.5. The van der Waals surface area contributed by atoms with E-state index >= 15 is 0 Å². The summed E-state index contributed by atoms with van der Waals surface area (Å²) in [7, 11) is 0. The van der Waals surface area contributed by atoms with Crippen molar-refractivity contribution in [2.45, 2.75) is 52.4 Å². The third-order valence-corrected chi connectivity index (χ3v) is 8.92. The van der Waals surface area contributed by atoms with Crippen molar-refractivity contribution in [1.82, 2.24) is 14.1 Å². The van der Waals surface area contributed by atoms with Gasteiger partial charge in [0.25, 0.3) is 0 Å². The van der Waals surface area contributed by atoms with E-state index in [-0.39, 0.29) is 10.8 Å². The number of fused-ring (bicyclic) bond motifs is 4. The van der Waals surface area contributed by atoms with Gasteiger partial charge in [-0.2, -0.15) is 0 Å². The maximum Gasteiger partial charge on any atom is 0.145 e. The van der Waals surface area contributed by atoms with E-state index in [1.54, 1.807) is 0 Å². The second kappa shape index (κ2) is 9.86. The number of benzene rings is 5. The average molecular weight is 582 g/mol. The van der Waals surface area contributed by atoms with Crippen molar-refractivity contribution in [3.8, 4) is 22.8 Å². The Labute approximate surface area is 258 Å². The van der Waals surface area contributed by atoms with Crippen LogP contribution in [0.1, 0.15) is 52.7 Å². The molecule has 214 valence electrons. The van der Waals surface area contributed by atoms with Crippen molar-refractivity contribution >= 4 is 44.4 Å². The maximum absolute atomic E-state index is 7.49. The van der Waals surface area contributed by atoms with Gasteiger partial charge in [0.05, 0.1) is 38.5 Å². The summed E-state index contributed by atoms with van der Waals surface area (Å²) in [5.74, 6) is 0.868. The van der Waals surface area contributed by atoms with Gasteiger partial charge >= 0.3 is 0 Å². The van der Waals surface area contributed by atoms with Crippen LogP contribution >= 0.6 is 11.6 Å². The molecule has 0 saturated heterocycles. The third kappa shape index (κ3) is 4.54. The molecule has 0 amide bonds. The minimum Gasteiger partial charge on any atom is -0.308 e. The molecule has 4 heteroatoms. The lowest BCUT2D eigenvalue weighted by molar-refractivity contribution is 0.590. The van der Waals surface area contributed by atoms with Gasteiger partial charge in [0.15, 0.2) is 0 Å². The summed E-state index contributed by atoms with van der Waals surface area (Å²) in [5.41, 5.74) is 9.85. The van der Waals surface area contributed by atoms with Crippen LogP contribution in [0.4, 0.5) is 0 Å². The molecule has 0 saturated carbocycles. The van der Waals surface area contributed by atoms with Crippen molar-refractivity contribution in [2.75, 3.05) is 0 Å². The van der Waals surface area contributed by atoms with Crippen LogP contribution in [0.3, 0.4) is 0 Å². The topological polar surface area (TPSA) is 22.8 Å². The van der Waals surface area contributed by atoms with Gasteiger partial charge in [0, 0.05) is 16.3 Å². The van der Waals surface area contributed by atoms with Gasteiger partial charge in [0.1, 0.15) is 5.82 Å². The SMILES string of the molecule is CC(C)(C)c1ccc2c(c1)c1cc(C(C)(C)C)ccc1n2-c1cccc(-n2c(-c3ccccc3)nc3ccccc32)c1Cl. The van der Waals surface area contributed by atoms with E-state index in [2.05, 4.69) is 136 Å². The van der Waals surface area contributed by atoms with E-state index in [1.807, 2.05) is 24.3 Å². The first kappa shape index (κ1) is 27.5. The Morgan fingerprint density at radius 1 is 0.535 bits per heavy atom. The van der Waals surface area contributed by atoms with Crippen LogP contribution in [0.25, 0.3) is 55.6 Å². The van der Waals surface area contributed by atoms with Gasteiger partial charge < -0.3 is 4.57 Å². The molecular weight excluding hydrogens is 546 g/mol. The molecule has 0 unspecified atom stereocenters. The predicted molar refractivity (Wildman–Crippen MR) is 183 cm³/mol. The molecule has 0 aliphatic heterocycles. The molecule has 0 N–H and O–H groups in total. The van der Waals surface area contributed by atoms with Crippen LogP contribution in [0.5, 0.6) is 0 Å². The second-order valence-corrected chi connectivity index (χ2v) is 13.9. The Hall–Kier alpha value is -4.34. The summed E-state index contributed by atoms with van der Waals surface area (Å²) >= 11 is 7.49. The van der Waals surface area contributed by atoms with E-state index < -0.39 is 0 Å². The molecule has 2 aromatic heterocycles. The normalized spacial score (nSPS) is 12.5. The molecule has 0 spiro atoms. The fraction of sp³-hybridized carbons (Fsp3) is 0.205. The van der Waals surface area contributed by atoms with E-state index in [4.69, 9.17) is 16.6 Å². The molecule has 0 radical (unpaired) electrons. The maximum atomic E-state index is 7.49. The summed E-state index contributed by atoms with van der Waals surface area (Å²) in [6.07, 6.45) is 0. The van der Waals surface area contributed by atoms with Crippen molar-refractivity contribution < 1.29 is 0 Å². The molecule has 0 bridgehead atoms. The Morgan fingerprint density at radius 2 is 1.07 bits per heavy atom. The van der Waals surface area contributed by atoms with Crippen LogP contribution in [-0.4, -0.2) is 14.1 Å². The highest BCUT2D eigenvalue weighted by Gasteiger charge is 2.23. The van der Waals surface area contributed by atoms with Crippen molar-refractivity contribution in [3.05, 3.63) is 125 Å². The first-order chi connectivity index (χ1) is 20.5. The molecule has 0 fully saturated rings. The molecule has 0 aliphatic rings. The minimum atomic E-state index is 0.0398. The lowest BCUT2D eigenvalue weighted by Gasteiger charge is -2.19. The number of rotatable bonds is 3. The first-order valence-corrected chi connectivity index (χ1v) is 15.3. The average Bonchev–Trinajstić information content (AvgIpc) is 3.52. The lowest BCUT2D eigenvalue weighted by Crippen LogP contribution is -2.10. The van der Waals surface area contributed by atoms with Gasteiger partial charge in [-0.25, -0.2) is 4.98 Å². The van der Waals surface area contributed by atoms with Crippen molar-refractivity contribution in [3.63, 3.8) is 0 Å². The third-order valence-electron chi connectivity index (χ3n) is 8.53. The van der Waals surface area contributed by atoms with Gasteiger partial charge in [0.2, 0.25) is 0 Å². The zero-order valence-corrected chi connectivity index (χ0v) is 26.4. The van der Waals surface area contributed by atoms with Crippen LogP contribution in [0, 0.1) is 0 Å². The number of hydrogen-bond donors (Lipinski definition) is 0. The van der Waals surface area contributed by atoms with E-state index in [0.29, 0.717) is 5.02 Å². The number of hydrogen-bond acceptors (Lipinski definition) is 1. The van der Waals surface area contributed by atoms with Crippen LogP contribution in [0.2, 0.25) is 5.02 Å². The van der Waals surface area contributed by atoms with Gasteiger partial charge in [-0.3, -0.25) is 4.57 Å². The van der Waals surface area contributed by atoms with E-state index in [1.165, 1.54) is 21.9 Å².